The number of nitrogens with two attached hydrogens (primary N) is 1. The second-order valence-electron chi connectivity index (χ2n) is 13.1. The standard InChI is InChI=1S/C18H23N7O.2C10H21NO4.C6H8O/c1-21-6-2-3-7-22-18-15(17(20)23-10-24-18)16(19)14-9-11-8-12(26)4-5-13(11)25-14;2*1-11-3-6-14-8-10-15-9-7-13-5-2-4-12;1-2-3-4-5-6-7/h4-5,8-10,19,21,25-26H,2-3,6-7H2,1H3,(H3,20,22,23,24);2*4,11H,2-3,5-10H2,1H3;1,6H,3-5H2. The Labute approximate surface area is 373 Å². The van der Waals surface area contributed by atoms with E-state index in [4.69, 9.17) is 46.0 Å². The molecule has 2 aromatic heterocycles. The van der Waals surface area contributed by atoms with Crippen LogP contribution in [-0.2, 0) is 42.8 Å². The van der Waals surface area contributed by atoms with E-state index in [9.17, 15) is 19.5 Å². The normalized spacial score (nSPS) is 10.3. The minimum atomic E-state index is 0.182. The average Bonchev–Trinajstić information content (AvgIpc) is 3.72. The van der Waals surface area contributed by atoms with Gasteiger partial charge in [-0.15, -0.1) is 12.3 Å². The van der Waals surface area contributed by atoms with E-state index in [1.807, 2.05) is 21.1 Å². The summed E-state index contributed by atoms with van der Waals surface area (Å²) in [5, 5.41) is 31.4. The van der Waals surface area contributed by atoms with Crippen molar-refractivity contribution in [3.63, 3.8) is 0 Å². The maximum Gasteiger partial charge on any atom is 0.141 e. The van der Waals surface area contributed by atoms with Crippen LogP contribution in [0.25, 0.3) is 10.9 Å². The smallest absolute Gasteiger partial charge is 0.141 e. The number of H-pyrrole nitrogens is 1. The van der Waals surface area contributed by atoms with Crippen LogP contribution >= 0.6 is 0 Å². The van der Waals surface area contributed by atoms with Gasteiger partial charge in [0.15, 0.2) is 0 Å². The van der Waals surface area contributed by atoms with E-state index in [0.29, 0.717) is 116 Å². The monoisotopic (exact) mass is 888 g/mol. The Morgan fingerprint density at radius 1 is 0.714 bits per heavy atom. The Bertz CT molecular complexity index is 1590. The number of nitrogens with zero attached hydrogens (tertiary/aromatic N) is 2. The molecule has 3 aromatic rings. The fourth-order valence-electron chi connectivity index (χ4n) is 4.79. The maximum atomic E-state index is 9.93. The zero-order chi connectivity index (χ0) is 46.4. The fraction of sp³-hybridized carbons (Fsp3) is 0.591. The van der Waals surface area contributed by atoms with E-state index >= 15 is 0 Å². The minimum Gasteiger partial charge on any atom is -0.508 e. The van der Waals surface area contributed by atoms with Crippen LogP contribution in [0.4, 0.5) is 11.6 Å². The molecule has 1 aromatic carbocycles. The van der Waals surface area contributed by atoms with Crippen LogP contribution in [0, 0.1) is 17.8 Å². The van der Waals surface area contributed by atoms with Crippen molar-refractivity contribution >= 4 is 47.1 Å². The van der Waals surface area contributed by atoms with Crippen LogP contribution in [0.2, 0.25) is 0 Å². The topological polar surface area (TPSA) is 266 Å². The number of unbranched alkanes of at least 4 members (excludes halogenated alkanes) is 3. The number of phenolic OH excluding ortho intramolecular Hbond substituents is 1. The molecule has 0 radical (unpaired) electrons. The third-order valence-corrected chi connectivity index (χ3v) is 8.03. The maximum absolute atomic E-state index is 9.93. The first-order chi connectivity index (χ1) is 30.8. The molecule has 0 aliphatic carbocycles. The van der Waals surface area contributed by atoms with E-state index in [1.165, 1.54) is 6.33 Å². The fourth-order valence-corrected chi connectivity index (χ4v) is 4.79. The summed E-state index contributed by atoms with van der Waals surface area (Å²) in [5.41, 5.74) is 8.13. The van der Waals surface area contributed by atoms with Crippen LogP contribution in [0.5, 0.6) is 5.75 Å². The molecule has 0 saturated carbocycles. The van der Waals surface area contributed by atoms with Crippen LogP contribution < -0.4 is 27.0 Å². The number of nitrogens with one attached hydrogen (secondary N) is 6. The lowest BCUT2D eigenvalue weighted by atomic mass is 10.1. The Morgan fingerprint density at radius 2 is 1.22 bits per heavy atom. The molecule has 0 aliphatic heterocycles. The molecule has 19 heteroatoms. The number of aromatic amines is 1. The number of anilines is 2. The summed E-state index contributed by atoms with van der Waals surface area (Å²) in [7, 11) is 5.70. The number of hydrogen-bond acceptors (Lipinski definition) is 18. The van der Waals surface area contributed by atoms with Gasteiger partial charge in [0.1, 0.15) is 42.6 Å². The van der Waals surface area contributed by atoms with Gasteiger partial charge in [-0.2, -0.15) is 0 Å². The molecule has 0 atom stereocenters. The van der Waals surface area contributed by atoms with Crippen molar-refractivity contribution in [2.75, 3.05) is 138 Å². The number of phenols is 1. The van der Waals surface area contributed by atoms with Crippen molar-refractivity contribution in [3.05, 3.63) is 41.9 Å². The van der Waals surface area contributed by atoms with Crippen molar-refractivity contribution in [1.82, 2.24) is 30.9 Å². The number of terminal acetylenes is 1. The number of hydrogen-bond donors (Lipinski definition) is 8. The largest absolute Gasteiger partial charge is 0.508 e. The van der Waals surface area contributed by atoms with Gasteiger partial charge in [-0.25, -0.2) is 9.97 Å². The Hall–Kier alpha value is -4.88. The molecular formula is C44H73N9O10. The van der Waals surface area contributed by atoms with Gasteiger partial charge in [0, 0.05) is 56.2 Å². The molecular weight excluding hydrogens is 815 g/mol. The minimum absolute atomic E-state index is 0.182. The van der Waals surface area contributed by atoms with Gasteiger partial charge in [-0.3, -0.25) is 5.41 Å². The SMILES string of the molecule is C#CCCCC=O.CNCCCCNc1ncnc(N)c1C(=N)c1cc2cc(O)ccc2[nH]1.CNCCOCCOCCOCCC=O.CNCCOCCOCCOCCC=O. The summed E-state index contributed by atoms with van der Waals surface area (Å²) in [5.74, 6) is 3.43. The van der Waals surface area contributed by atoms with Crippen LogP contribution in [0.1, 0.15) is 56.2 Å². The number of likely N-dealkylation sites (N-methyl/N-ethyl adjacent to an activating group) is 2. The lowest BCUT2D eigenvalue weighted by Gasteiger charge is -2.12. The molecule has 3 rings (SSSR count). The lowest BCUT2D eigenvalue weighted by molar-refractivity contribution is -0.109. The number of ether oxygens (including phenoxy) is 6. The molecule has 0 fully saturated rings. The number of benzene rings is 1. The van der Waals surface area contributed by atoms with Gasteiger partial charge in [-0.05, 0) is 71.2 Å². The highest BCUT2D eigenvalue weighted by Crippen LogP contribution is 2.25. The third-order valence-electron chi connectivity index (χ3n) is 8.03. The van der Waals surface area contributed by atoms with E-state index in [0.717, 1.165) is 81.6 Å². The number of fused-ring (bicyclic) bond motifs is 1. The van der Waals surface area contributed by atoms with E-state index in [2.05, 4.69) is 42.1 Å². The highest BCUT2D eigenvalue weighted by atomic mass is 16.5. The summed E-state index contributed by atoms with van der Waals surface area (Å²) < 4.78 is 31.2. The molecule has 0 spiro atoms. The van der Waals surface area contributed by atoms with Crippen molar-refractivity contribution < 1.29 is 47.9 Å². The lowest BCUT2D eigenvalue weighted by Crippen LogP contribution is -2.16. The summed E-state index contributed by atoms with van der Waals surface area (Å²) in [6, 6.07) is 6.83. The third kappa shape index (κ3) is 32.5. The van der Waals surface area contributed by atoms with Crippen molar-refractivity contribution in [2.24, 2.45) is 0 Å². The first-order valence-electron chi connectivity index (χ1n) is 21.2. The quantitative estimate of drug-likeness (QED) is 0.0183. The van der Waals surface area contributed by atoms with Crippen LogP contribution in [-0.4, -0.2) is 171 Å². The van der Waals surface area contributed by atoms with Gasteiger partial charge in [0.05, 0.1) is 96.3 Å². The summed E-state index contributed by atoms with van der Waals surface area (Å²) in [4.78, 5) is 40.9. The van der Waals surface area contributed by atoms with E-state index < -0.39 is 0 Å². The zero-order valence-electron chi connectivity index (χ0n) is 37.6. The number of carbonyl (C=O) groups excluding carboxylic acids is 3. The van der Waals surface area contributed by atoms with Gasteiger partial charge >= 0.3 is 0 Å². The number of rotatable bonds is 35. The second-order valence-corrected chi connectivity index (χ2v) is 13.1. The van der Waals surface area contributed by atoms with Crippen molar-refractivity contribution in [1.29, 1.82) is 5.41 Å². The van der Waals surface area contributed by atoms with Crippen LogP contribution in [0.3, 0.4) is 0 Å². The highest BCUT2D eigenvalue weighted by Gasteiger charge is 2.18. The number of aldehydes is 3. The molecule has 19 nitrogen and oxygen atoms in total. The summed E-state index contributed by atoms with van der Waals surface area (Å²) in [6.07, 6.45) is 13.9. The van der Waals surface area contributed by atoms with E-state index in [-0.39, 0.29) is 17.3 Å². The Balaban J connectivity index is 0.000000897. The van der Waals surface area contributed by atoms with Gasteiger partial charge in [0.25, 0.3) is 0 Å². The molecule has 0 aliphatic rings. The number of carbonyl (C=O) groups is 3. The molecule has 354 valence electrons. The molecule has 0 saturated heterocycles. The van der Waals surface area contributed by atoms with Crippen LogP contribution in [0.15, 0.2) is 30.6 Å². The molecule has 63 heavy (non-hydrogen) atoms. The number of aromatic hydroxyl groups is 1. The van der Waals surface area contributed by atoms with Gasteiger partial charge in [0.2, 0.25) is 0 Å². The Kier molecular flexibility index (Phi) is 40.4. The van der Waals surface area contributed by atoms with Gasteiger partial charge in [-0.1, -0.05) is 0 Å². The molecule has 0 unspecified atom stereocenters. The molecule has 0 bridgehead atoms. The predicted molar refractivity (Wildman–Crippen MR) is 247 cm³/mol. The van der Waals surface area contributed by atoms with E-state index in [1.54, 1.807) is 24.3 Å². The first-order valence-corrected chi connectivity index (χ1v) is 21.2. The second kappa shape index (κ2) is 43.8. The Morgan fingerprint density at radius 3 is 1.73 bits per heavy atom. The highest BCUT2D eigenvalue weighted by molar-refractivity contribution is 6.16. The van der Waals surface area contributed by atoms with Crippen molar-refractivity contribution in [2.45, 2.75) is 44.9 Å². The molecule has 0 amide bonds. The zero-order valence-corrected chi connectivity index (χ0v) is 37.6. The van der Waals surface area contributed by atoms with Crippen molar-refractivity contribution in [3.8, 4) is 18.1 Å². The predicted octanol–water partition coefficient (Wildman–Crippen LogP) is 2.75. The molecule has 9 N–H and O–H groups in total. The number of aromatic nitrogens is 3. The average molecular weight is 888 g/mol. The molecule has 2 heterocycles. The first kappa shape index (κ1) is 58.1. The van der Waals surface area contributed by atoms with Gasteiger partial charge < -0.3 is 79.9 Å². The number of nitrogen functional groups attached to an aromatic ring is 1. The summed E-state index contributed by atoms with van der Waals surface area (Å²) >= 11 is 0. The summed E-state index contributed by atoms with van der Waals surface area (Å²) in [6.45, 7) is 10.3.